The SMILES string of the molecule is [N-]=[N+]=NCC1CC(=O)N(c2ccccc2C2CC2)C1. The van der Waals surface area contributed by atoms with E-state index in [2.05, 4.69) is 16.1 Å². The summed E-state index contributed by atoms with van der Waals surface area (Å²) in [4.78, 5) is 16.8. The van der Waals surface area contributed by atoms with Gasteiger partial charge in [-0.05, 0) is 41.8 Å². The topological polar surface area (TPSA) is 69.1 Å². The van der Waals surface area contributed by atoms with Crippen molar-refractivity contribution in [1.29, 1.82) is 0 Å². The highest BCUT2D eigenvalue weighted by Gasteiger charge is 2.34. The zero-order chi connectivity index (χ0) is 13.2. The summed E-state index contributed by atoms with van der Waals surface area (Å²) in [6.07, 6.45) is 2.93. The molecule has 1 amide bonds. The molecule has 5 heteroatoms. The number of rotatable bonds is 4. The molecule has 1 atom stereocenters. The third-order valence-corrected chi connectivity index (χ3v) is 3.85. The van der Waals surface area contributed by atoms with E-state index < -0.39 is 0 Å². The van der Waals surface area contributed by atoms with Crippen molar-refractivity contribution < 1.29 is 4.79 Å². The Morgan fingerprint density at radius 1 is 1.37 bits per heavy atom. The fraction of sp³-hybridized carbons (Fsp3) is 0.500. The van der Waals surface area contributed by atoms with Crippen LogP contribution in [-0.2, 0) is 4.79 Å². The number of amides is 1. The number of hydrogen-bond acceptors (Lipinski definition) is 2. The molecule has 1 aliphatic heterocycles. The Bertz CT molecular complexity index is 546. The van der Waals surface area contributed by atoms with E-state index in [0.29, 0.717) is 25.4 Å². The first-order valence-electron chi connectivity index (χ1n) is 6.69. The van der Waals surface area contributed by atoms with Crippen LogP contribution < -0.4 is 4.90 Å². The summed E-state index contributed by atoms with van der Waals surface area (Å²) < 4.78 is 0. The number of carbonyl (C=O) groups is 1. The predicted octanol–water partition coefficient (Wildman–Crippen LogP) is 3.23. The first-order valence-corrected chi connectivity index (χ1v) is 6.69. The molecule has 1 saturated heterocycles. The molecule has 0 N–H and O–H groups in total. The first-order chi connectivity index (χ1) is 9.29. The van der Waals surface area contributed by atoms with Crippen LogP contribution in [0.3, 0.4) is 0 Å². The molecule has 0 bridgehead atoms. The quantitative estimate of drug-likeness (QED) is 0.463. The average Bonchev–Trinajstić information content (AvgIpc) is 3.20. The number of para-hydroxylation sites is 1. The predicted molar refractivity (Wildman–Crippen MR) is 72.9 cm³/mol. The van der Waals surface area contributed by atoms with E-state index in [9.17, 15) is 4.79 Å². The Hall–Kier alpha value is -2.00. The molecule has 1 aromatic carbocycles. The molecule has 1 unspecified atom stereocenters. The van der Waals surface area contributed by atoms with Crippen molar-refractivity contribution >= 4 is 11.6 Å². The third kappa shape index (κ3) is 2.42. The van der Waals surface area contributed by atoms with Crippen molar-refractivity contribution in [1.82, 2.24) is 0 Å². The molecule has 0 aromatic heterocycles. The van der Waals surface area contributed by atoms with Gasteiger partial charge in [0.15, 0.2) is 0 Å². The normalized spacial score (nSPS) is 22.4. The van der Waals surface area contributed by atoms with Crippen LogP contribution >= 0.6 is 0 Å². The summed E-state index contributed by atoms with van der Waals surface area (Å²) in [5.41, 5.74) is 10.7. The molecule has 5 nitrogen and oxygen atoms in total. The van der Waals surface area contributed by atoms with Gasteiger partial charge in [-0.2, -0.15) is 0 Å². The summed E-state index contributed by atoms with van der Waals surface area (Å²) in [7, 11) is 0. The van der Waals surface area contributed by atoms with Gasteiger partial charge < -0.3 is 4.90 Å². The summed E-state index contributed by atoms with van der Waals surface area (Å²) in [5, 5.41) is 3.59. The van der Waals surface area contributed by atoms with E-state index in [0.717, 1.165) is 5.69 Å². The van der Waals surface area contributed by atoms with Crippen LogP contribution in [0.5, 0.6) is 0 Å². The number of azide groups is 1. The van der Waals surface area contributed by atoms with Crippen LogP contribution in [0.4, 0.5) is 5.69 Å². The van der Waals surface area contributed by atoms with Gasteiger partial charge in [0, 0.05) is 30.1 Å². The lowest BCUT2D eigenvalue weighted by Gasteiger charge is -2.20. The number of anilines is 1. The van der Waals surface area contributed by atoms with Crippen LogP contribution in [0.15, 0.2) is 29.4 Å². The molecule has 1 saturated carbocycles. The lowest BCUT2D eigenvalue weighted by molar-refractivity contribution is -0.117. The number of carbonyl (C=O) groups excluding carboxylic acids is 1. The van der Waals surface area contributed by atoms with Crippen LogP contribution in [-0.4, -0.2) is 19.0 Å². The summed E-state index contributed by atoms with van der Waals surface area (Å²) in [6.45, 7) is 1.08. The van der Waals surface area contributed by atoms with E-state index in [1.165, 1.54) is 18.4 Å². The molecule has 19 heavy (non-hydrogen) atoms. The lowest BCUT2D eigenvalue weighted by Crippen LogP contribution is -2.25. The lowest BCUT2D eigenvalue weighted by atomic mass is 10.1. The fourth-order valence-electron chi connectivity index (χ4n) is 2.76. The highest BCUT2D eigenvalue weighted by Crippen LogP contribution is 2.45. The highest BCUT2D eigenvalue weighted by molar-refractivity contribution is 5.96. The van der Waals surface area contributed by atoms with Crippen molar-refractivity contribution in [3.8, 4) is 0 Å². The van der Waals surface area contributed by atoms with Gasteiger partial charge in [-0.25, -0.2) is 0 Å². The van der Waals surface area contributed by atoms with E-state index in [-0.39, 0.29) is 11.8 Å². The van der Waals surface area contributed by atoms with Crippen molar-refractivity contribution in [2.24, 2.45) is 11.0 Å². The second-order valence-corrected chi connectivity index (χ2v) is 5.32. The van der Waals surface area contributed by atoms with Gasteiger partial charge in [0.25, 0.3) is 0 Å². The van der Waals surface area contributed by atoms with Crippen LogP contribution in [0, 0.1) is 5.92 Å². The molecule has 1 aromatic rings. The minimum atomic E-state index is 0.145. The Kier molecular flexibility index (Phi) is 3.13. The smallest absolute Gasteiger partial charge is 0.227 e. The summed E-state index contributed by atoms with van der Waals surface area (Å²) in [6, 6.07) is 8.17. The second-order valence-electron chi connectivity index (χ2n) is 5.32. The van der Waals surface area contributed by atoms with Crippen LogP contribution in [0.25, 0.3) is 10.4 Å². The van der Waals surface area contributed by atoms with Crippen molar-refractivity contribution in [3.63, 3.8) is 0 Å². The van der Waals surface area contributed by atoms with Gasteiger partial charge in [-0.3, -0.25) is 4.79 Å². The van der Waals surface area contributed by atoms with E-state index in [1.807, 2.05) is 23.1 Å². The maximum Gasteiger partial charge on any atom is 0.227 e. The van der Waals surface area contributed by atoms with Crippen LogP contribution in [0.2, 0.25) is 0 Å². The number of hydrogen-bond donors (Lipinski definition) is 0. The minimum Gasteiger partial charge on any atom is -0.312 e. The van der Waals surface area contributed by atoms with Crippen molar-refractivity contribution in [2.45, 2.75) is 25.2 Å². The van der Waals surface area contributed by atoms with E-state index >= 15 is 0 Å². The van der Waals surface area contributed by atoms with Gasteiger partial charge >= 0.3 is 0 Å². The standard InChI is InChI=1S/C14H16N4O/c15-17-16-8-10-7-14(19)18(9-10)13-4-2-1-3-12(13)11-5-6-11/h1-4,10-11H,5-9H2. The molecule has 1 aliphatic carbocycles. The maximum atomic E-state index is 12.1. The number of nitrogens with zero attached hydrogens (tertiary/aromatic N) is 4. The van der Waals surface area contributed by atoms with Crippen molar-refractivity contribution in [2.75, 3.05) is 18.0 Å². The van der Waals surface area contributed by atoms with E-state index in [4.69, 9.17) is 5.53 Å². The van der Waals surface area contributed by atoms with Crippen molar-refractivity contribution in [3.05, 3.63) is 40.3 Å². The van der Waals surface area contributed by atoms with Gasteiger partial charge in [0.1, 0.15) is 0 Å². The highest BCUT2D eigenvalue weighted by atomic mass is 16.2. The molecular weight excluding hydrogens is 240 g/mol. The maximum absolute atomic E-state index is 12.1. The molecule has 2 aliphatic rings. The Morgan fingerprint density at radius 3 is 2.89 bits per heavy atom. The monoisotopic (exact) mass is 256 g/mol. The molecular formula is C14H16N4O. The van der Waals surface area contributed by atoms with Gasteiger partial charge in [0.2, 0.25) is 5.91 Å². The van der Waals surface area contributed by atoms with Gasteiger partial charge in [0.05, 0.1) is 0 Å². The Morgan fingerprint density at radius 2 is 2.16 bits per heavy atom. The first kappa shape index (κ1) is 12.1. The minimum absolute atomic E-state index is 0.145. The average molecular weight is 256 g/mol. The Labute approximate surface area is 111 Å². The zero-order valence-corrected chi connectivity index (χ0v) is 10.7. The molecule has 0 radical (unpaired) electrons. The number of benzene rings is 1. The zero-order valence-electron chi connectivity index (χ0n) is 10.7. The molecule has 1 heterocycles. The molecule has 2 fully saturated rings. The molecule has 3 rings (SSSR count). The summed E-state index contributed by atoms with van der Waals surface area (Å²) >= 11 is 0. The summed E-state index contributed by atoms with van der Waals surface area (Å²) in [5.74, 6) is 0.919. The Balaban J connectivity index is 1.82. The largest absolute Gasteiger partial charge is 0.312 e. The van der Waals surface area contributed by atoms with Gasteiger partial charge in [-0.1, -0.05) is 23.3 Å². The second kappa shape index (κ2) is 4.94. The van der Waals surface area contributed by atoms with E-state index in [1.54, 1.807) is 0 Å². The fourth-order valence-corrected chi connectivity index (χ4v) is 2.76. The third-order valence-electron chi connectivity index (χ3n) is 3.85. The van der Waals surface area contributed by atoms with Gasteiger partial charge in [-0.15, -0.1) is 0 Å². The molecule has 0 spiro atoms. The van der Waals surface area contributed by atoms with Crippen LogP contribution in [0.1, 0.15) is 30.7 Å². The molecule has 98 valence electrons.